The molecule has 2 heterocycles. The molecular weight excluding hydrogens is 424 g/mol. The van der Waals surface area contributed by atoms with Crippen molar-refractivity contribution in [3.8, 4) is 0 Å². The molecule has 2 aliphatic rings. The van der Waals surface area contributed by atoms with E-state index in [1.807, 2.05) is 13.8 Å². The zero-order valence-corrected chi connectivity index (χ0v) is 18.1. The van der Waals surface area contributed by atoms with Crippen LogP contribution in [-0.2, 0) is 19.6 Å². The fourth-order valence-corrected chi connectivity index (χ4v) is 6.82. The minimum Gasteiger partial charge on any atom is -0.481 e. The lowest BCUT2D eigenvalue weighted by molar-refractivity contribution is -0.151. The average molecular weight is 447 g/mol. The topological polar surface area (TPSA) is 95.0 Å². The molecule has 0 unspecified atom stereocenters. The molecule has 1 aliphatic carbocycles. The summed E-state index contributed by atoms with van der Waals surface area (Å²) in [6.07, 6.45) is 0.818. The van der Waals surface area contributed by atoms with E-state index >= 15 is 0 Å². The Morgan fingerprint density at radius 2 is 1.64 bits per heavy atom. The van der Waals surface area contributed by atoms with Gasteiger partial charge in [-0.2, -0.15) is 4.31 Å². The lowest BCUT2D eigenvalue weighted by atomic mass is 9.76. The first-order chi connectivity index (χ1) is 13.1. The summed E-state index contributed by atoms with van der Waals surface area (Å²) in [6.45, 7) is 4.71. The fraction of sp³-hybridized carbons (Fsp3) is 0.556. The van der Waals surface area contributed by atoms with Crippen molar-refractivity contribution in [3.63, 3.8) is 0 Å². The Kier molecular flexibility index (Phi) is 6.19. The molecular formula is C18H23ClN2O5S2. The fourth-order valence-electron chi connectivity index (χ4n) is 3.76. The van der Waals surface area contributed by atoms with Crippen molar-refractivity contribution in [2.24, 2.45) is 11.8 Å². The maximum Gasteiger partial charge on any atom is 0.307 e. The number of piperazine rings is 1. The van der Waals surface area contributed by atoms with Gasteiger partial charge in [-0.25, -0.2) is 8.42 Å². The Morgan fingerprint density at radius 3 is 2.14 bits per heavy atom. The quantitative estimate of drug-likeness (QED) is 0.717. The first-order valence-electron chi connectivity index (χ1n) is 9.03. The third-order valence-corrected chi connectivity index (χ3v) is 9.19. The van der Waals surface area contributed by atoms with Crippen LogP contribution in [0.3, 0.4) is 0 Å². The van der Waals surface area contributed by atoms with Gasteiger partial charge in [-0.05, 0) is 38.8 Å². The number of nitrogens with zero attached hydrogens (tertiary/aromatic N) is 2. The predicted octanol–water partition coefficient (Wildman–Crippen LogP) is 2.68. The van der Waals surface area contributed by atoms with Gasteiger partial charge in [-0.3, -0.25) is 9.59 Å². The van der Waals surface area contributed by atoms with Crippen LogP contribution in [0.1, 0.15) is 26.7 Å². The molecule has 0 radical (unpaired) electrons. The highest BCUT2D eigenvalue weighted by Gasteiger charge is 2.40. The van der Waals surface area contributed by atoms with Crippen molar-refractivity contribution in [2.45, 2.75) is 30.9 Å². The third-order valence-electron chi connectivity index (χ3n) is 5.59. The Morgan fingerprint density at radius 1 is 1.07 bits per heavy atom. The summed E-state index contributed by atoms with van der Waals surface area (Å²) < 4.78 is 27.3. The Labute approximate surface area is 173 Å². The lowest BCUT2D eigenvalue weighted by Gasteiger charge is -2.38. The van der Waals surface area contributed by atoms with E-state index in [9.17, 15) is 23.1 Å². The van der Waals surface area contributed by atoms with E-state index in [0.29, 0.717) is 17.2 Å². The number of carboxylic acid groups (broad SMARTS) is 1. The van der Waals surface area contributed by atoms with Crippen molar-refractivity contribution in [1.29, 1.82) is 0 Å². The van der Waals surface area contributed by atoms with E-state index in [0.717, 1.165) is 22.5 Å². The van der Waals surface area contributed by atoms with E-state index in [1.165, 1.54) is 10.4 Å². The molecule has 1 aromatic heterocycles. The molecule has 1 N–H and O–H groups in total. The number of carboxylic acids is 1. The summed E-state index contributed by atoms with van der Waals surface area (Å²) in [6, 6.07) is 3.03. The van der Waals surface area contributed by atoms with Crippen LogP contribution in [0, 0.1) is 11.8 Å². The number of aliphatic carboxylic acids is 1. The van der Waals surface area contributed by atoms with Crippen LogP contribution in [0.2, 0.25) is 4.34 Å². The van der Waals surface area contributed by atoms with Crippen LogP contribution in [0.15, 0.2) is 27.5 Å². The molecule has 154 valence electrons. The Balaban J connectivity index is 1.69. The molecule has 0 aromatic carbocycles. The van der Waals surface area contributed by atoms with Gasteiger partial charge in [0.15, 0.2) is 0 Å². The molecule has 10 heteroatoms. The second kappa shape index (κ2) is 8.14. The van der Waals surface area contributed by atoms with Gasteiger partial charge < -0.3 is 10.0 Å². The van der Waals surface area contributed by atoms with Gasteiger partial charge in [0, 0.05) is 26.2 Å². The van der Waals surface area contributed by atoms with Gasteiger partial charge >= 0.3 is 5.97 Å². The molecule has 1 aliphatic heterocycles. The first-order valence-corrected chi connectivity index (χ1v) is 11.7. The zero-order chi connectivity index (χ0) is 20.6. The van der Waals surface area contributed by atoms with Crippen LogP contribution < -0.4 is 0 Å². The summed E-state index contributed by atoms with van der Waals surface area (Å²) in [5.41, 5.74) is 2.09. The van der Waals surface area contributed by atoms with Crippen molar-refractivity contribution in [3.05, 3.63) is 27.6 Å². The molecule has 7 nitrogen and oxygen atoms in total. The molecule has 0 saturated carbocycles. The minimum atomic E-state index is -3.63. The molecule has 0 bridgehead atoms. The minimum absolute atomic E-state index is 0.182. The summed E-state index contributed by atoms with van der Waals surface area (Å²) in [4.78, 5) is 26.3. The monoisotopic (exact) mass is 446 g/mol. The number of sulfonamides is 1. The van der Waals surface area contributed by atoms with E-state index in [-0.39, 0.29) is 36.3 Å². The molecule has 28 heavy (non-hydrogen) atoms. The molecule has 3 rings (SSSR count). The number of halogens is 1. The van der Waals surface area contributed by atoms with Crippen LogP contribution in [0.25, 0.3) is 0 Å². The van der Waals surface area contributed by atoms with Gasteiger partial charge in [0.1, 0.15) is 4.21 Å². The number of thiophene rings is 1. The highest BCUT2D eigenvalue weighted by atomic mass is 35.5. The molecule has 1 amide bonds. The molecule has 1 aromatic rings. The van der Waals surface area contributed by atoms with Gasteiger partial charge in [0.25, 0.3) is 10.0 Å². The molecule has 2 atom stereocenters. The second-order valence-electron chi connectivity index (χ2n) is 7.31. The standard InChI is InChI=1S/C18H23ClN2O5S2/c1-11-9-13(14(18(23)24)10-12(11)2)17(22)20-5-7-21(8-6-20)28(25,26)16-4-3-15(19)27-16/h3-4,13-14H,5-10H2,1-2H3,(H,23,24)/t13-,14-/m1/s1. The lowest BCUT2D eigenvalue weighted by Crippen LogP contribution is -2.53. The van der Waals surface area contributed by atoms with Crippen LogP contribution >= 0.6 is 22.9 Å². The smallest absolute Gasteiger partial charge is 0.307 e. The number of amides is 1. The van der Waals surface area contributed by atoms with E-state index in [4.69, 9.17) is 11.6 Å². The molecule has 0 spiro atoms. The highest BCUT2D eigenvalue weighted by Crippen LogP contribution is 2.36. The van der Waals surface area contributed by atoms with Gasteiger partial charge in [-0.1, -0.05) is 22.7 Å². The number of rotatable bonds is 4. The van der Waals surface area contributed by atoms with Crippen molar-refractivity contribution >= 4 is 44.8 Å². The Bertz CT molecular complexity index is 916. The maximum atomic E-state index is 13.0. The second-order valence-corrected chi connectivity index (χ2v) is 11.2. The first kappa shape index (κ1) is 21.3. The predicted molar refractivity (Wildman–Crippen MR) is 107 cm³/mol. The van der Waals surface area contributed by atoms with Gasteiger partial charge in [-0.15, -0.1) is 11.3 Å². The number of carbonyl (C=O) groups excluding carboxylic acids is 1. The highest BCUT2D eigenvalue weighted by molar-refractivity contribution is 7.91. The SMILES string of the molecule is CC1=C(C)C[C@@H](C(=O)N2CCN(S(=O)(=O)c3ccc(Cl)s3)CC2)[C@H](C(=O)O)C1. The number of hydrogen-bond acceptors (Lipinski definition) is 5. The number of allylic oxidation sites excluding steroid dienone is 2. The zero-order valence-electron chi connectivity index (χ0n) is 15.7. The maximum absolute atomic E-state index is 13.0. The summed E-state index contributed by atoms with van der Waals surface area (Å²) in [7, 11) is -3.63. The normalized spacial score (nSPS) is 24.5. The van der Waals surface area contributed by atoms with Crippen molar-refractivity contribution in [1.82, 2.24) is 9.21 Å². The van der Waals surface area contributed by atoms with Gasteiger partial charge in [0.05, 0.1) is 16.2 Å². The number of carbonyl (C=O) groups is 2. The van der Waals surface area contributed by atoms with E-state index in [1.54, 1.807) is 11.0 Å². The van der Waals surface area contributed by atoms with Crippen LogP contribution in [0.4, 0.5) is 0 Å². The molecule has 1 saturated heterocycles. The summed E-state index contributed by atoms with van der Waals surface area (Å²) in [5, 5.41) is 9.55. The van der Waals surface area contributed by atoms with Crippen LogP contribution in [0.5, 0.6) is 0 Å². The van der Waals surface area contributed by atoms with E-state index in [2.05, 4.69) is 0 Å². The van der Waals surface area contributed by atoms with E-state index < -0.39 is 27.8 Å². The number of hydrogen-bond donors (Lipinski definition) is 1. The summed E-state index contributed by atoms with van der Waals surface area (Å²) in [5.74, 6) is -2.48. The summed E-state index contributed by atoms with van der Waals surface area (Å²) >= 11 is 6.86. The molecule has 1 fully saturated rings. The largest absolute Gasteiger partial charge is 0.481 e. The van der Waals surface area contributed by atoms with Crippen molar-refractivity contribution in [2.75, 3.05) is 26.2 Å². The average Bonchev–Trinajstić information content (AvgIpc) is 3.10. The van der Waals surface area contributed by atoms with Gasteiger partial charge in [0.2, 0.25) is 5.91 Å². The van der Waals surface area contributed by atoms with Crippen LogP contribution in [-0.4, -0.2) is 60.8 Å². The third kappa shape index (κ3) is 4.12. The Hall–Kier alpha value is -1.42. The van der Waals surface area contributed by atoms with Crippen molar-refractivity contribution < 1.29 is 23.1 Å².